The first-order valence-electron chi connectivity index (χ1n) is 9.02. The Labute approximate surface area is 165 Å². The fourth-order valence-corrected chi connectivity index (χ4v) is 2.75. The van der Waals surface area contributed by atoms with E-state index in [1.807, 2.05) is 49.2 Å². The number of rotatable bonds is 8. The van der Waals surface area contributed by atoms with Gasteiger partial charge in [0.1, 0.15) is 6.10 Å². The molecule has 0 aliphatic heterocycles. The standard InChI is InChI=1S/C21H28FN3O3/c1-15(28-20-9-7-6-8-19(20)27-5)13-24-21(23-2)25(3)14-16-10-11-18(26-4)17(22)12-16/h6-12,15H,13-14H2,1-5H3,(H,23,24). The van der Waals surface area contributed by atoms with E-state index in [0.29, 0.717) is 30.5 Å². The third-order valence-electron chi connectivity index (χ3n) is 4.15. The number of benzene rings is 2. The summed E-state index contributed by atoms with van der Waals surface area (Å²) in [4.78, 5) is 6.20. The van der Waals surface area contributed by atoms with E-state index in [0.717, 1.165) is 5.56 Å². The number of nitrogens with zero attached hydrogens (tertiary/aromatic N) is 2. The first-order valence-corrected chi connectivity index (χ1v) is 9.02. The molecule has 152 valence electrons. The Morgan fingerprint density at radius 2 is 1.79 bits per heavy atom. The fourth-order valence-electron chi connectivity index (χ4n) is 2.75. The van der Waals surface area contributed by atoms with E-state index in [-0.39, 0.29) is 17.7 Å². The second-order valence-electron chi connectivity index (χ2n) is 6.33. The van der Waals surface area contributed by atoms with Crippen molar-refractivity contribution in [3.05, 3.63) is 53.8 Å². The van der Waals surface area contributed by atoms with Crippen molar-refractivity contribution in [2.24, 2.45) is 4.99 Å². The lowest BCUT2D eigenvalue weighted by atomic mass is 10.2. The number of hydrogen-bond acceptors (Lipinski definition) is 4. The van der Waals surface area contributed by atoms with Crippen molar-refractivity contribution in [1.29, 1.82) is 0 Å². The Morgan fingerprint density at radius 3 is 2.39 bits per heavy atom. The molecule has 0 bridgehead atoms. The molecule has 6 nitrogen and oxygen atoms in total. The van der Waals surface area contributed by atoms with Crippen molar-refractivity contribution in [1.82, 2.24) is 10.2 Å². The van der Waals surface area contributed by atoms with Crippen molar-refractivity contribution in [2.75, 3.05) is 34.9 Å². The van der Waals surface area contributed by atoms with Crippen LogP contribution in [0.4, 0.5) is 4.39 Å². The van der Waals surface area contributed by atoms with Gasteiger partial charge in [0, 0.05) is 20.6 Å². The van der Waals surface area contributed by atoms with E-state index in [1.165, 1.54) is 13.2 Å². The van der Waals surface area contributed by atoms with E-state index in [2.05, 4.69) is 10.3 Å². The van der Waals surface area contributed by atoms with Crippen LogP contribution in [0.2, 0.25) is 0 Å². The molecule has 0 heterocycles. The van der Waals surface area contributed by atoms with Crippen LogP contribution in [0.5, 0.6) is 17.2 Å². The minimum Gasteiger partial charge on any atom is -0.494 e. The van der Waals surface area contributed by atoms with E-state index < -0.39 is 0 Å². The van der Waals surface area contributed by atoms with Crippen LogP contribution in [0.3, 0.4) is 0 Å². The summed E-state index contributed by atoms with van der Waals surface area (Å²) in [6.07, 6.45) is -0.111. The first-order chi connectivity index (χ1) is 13.5. The summed E-state index contributed by atoms with van der Waals surface area (Å²) in [5.41, 5.74) is 0.821. The van der Waals surface area contributed by atoms with Crippen LogP contribution in [-0.4, -0.2) is 51.8 Å². The molecule has 1 atom stereocenters. The molecule has 0 fully saturated rings. The number of para-hydroxylation sites is 2. The quantitative estimate of drug-likeness (QED) is 0.555. The highest BCUT2D eigenvalue weighted by Crippen LogP contribution is 2.26. The summed E-state index contributed by atoms with van der Waals surface area (Å²) in [6.45, 7) is 3.01. The topological polar surface area (TPSA) is 55.3 Å². The zero-order valence-electron chi connectivity index (χ0n) is 17.0. The van der Waals surface area contributed by atoms with Crippen LogP contribution in [0.15, 0.2) is 47.5 Å². The van der Waals surface area contributed by atoms with E-state index >= 15 is 0 Å². The van der Waals surface area contributed by atoms with Gasteiger partial charge in [0.25, 0.3) is 0 Å². The average molecular weight is 389 g/mol. The van der Waals surface area contributed by atoms with Crippen molar-refractivity contribution >= 4 is 5.96 Å². The van der Waals surface area contributed by atoms with Crippen LogP contribution in [0.25, 0.3) is 0 Å². The van der Waals surface area contributed by atoms with Gasteiger partial charge < -0.3 is 24.4 Å². The molecule has 0 aromatic heterocycles. The normalized spacial score (nSPS) is 12.3. The van der Waals surface area contributed by atoms with Gasteiger partial charge in [-0.15, -0.1) is 0 Å². The lowest BCUT2D eigenvalue weighted by Crippen LogP contribution is -2.42. The van der Waals surface area contributed by atoms with Gasteiger partial charge in [0.05, 0.1) is 20.8 Å². The summed E-state index contributed by atoms with van der Waals surface area (Å²) in [7, 11) is 6.66. The van der Waals surface area contributed by atoms with Crippen LogP contribution in [0, 0.1) is 5.82 Å². The van der Waals surface area contributed by atoms with Crippen LogP contribution < -0.4 is 19.5 Å². The van der Waals surface area contributed by atoms with Crippen LogP contribution in [0.1, 0.15) is 12.5 Å². The van der Waals surface area contributed by atoms with Gasteiger partial charge in [0.15, 0.2) is 29.0 Å². The van der Waals surface area contributed by atoms with E-state index in [9.17, 15) is 4.39 Å². The monoisotopic (exact) mass is 389 g/mol. The molecule has 0 saturated carbocycles. The third-order valence-corrected chi connectivity index (χ3v) is 4.15. The Kier molecular flexibility index (Phi) is 7.92. The summed E-state index contributed by atoms with van der Waals surface area (Å²) in [6, 6.07) is 12.4. The number of halogens is 1. The van der Waals surface area contributed by atoms with Gasteiger partial charge in [-0.2, -0.15) is 0 Å². The molecular formula is C21H28FN3O3. The van der Waals surface area contributed by atoms with Crippen molar-refractivity contribution in [3.63, 3.8) is 0 Å². The molecule has 0 aliphatic rings. The zero-order chi connectivity index (χ0) is 20.5. The predicted molar refractivity (Wildman–Crippen MR) is 109 cm³/mol. The second kappa shape index (κ2) is 10.4. The average Bonchev–Trinajstić information content (AvgIpc) is 2.69. The van der Waals surface area contributed by atoms with Crippen molar-refractivity contribution in [2.45, 2.75) is 19.6 Å². The lowest BCUT2D eigenvalue weighted by Gasteiger charge is -2.24. The van der Waals surface area contributed by atoms with Crippen LogP contribution in [-0.2, 0) is 6.54 Å². The summed E-state index contributed by atoms with van der Waals surface area (Å²) in [5, 5.41) is 3.28. The van der Waals surface area contributed by atoms with Gasteiger partial charge in [-0.05, 0) is 36.8 Å². The molecule has 1 N–H and O–H groups in total. The van der Waals surface area contributed by atoms with Crippen LogP contribution >= 0.6 is 0 Å². The SMILES string of the molecule is CN=C(NCC(C)Oc1ccccc1OC)N(C)Cc1ccc(OC)c(F)c1. The number of hydrogen-bond donors (Lipinski definition) is 1. The maximum atomic E-state index is 13.9. The smallest absolute Gasteiger partial charge is 0.193 e. The highest BCUT2D eigenvalue weighted by atomic mass is 19.1. The Balaban J connectivity index is 1.91. The molecule has 2 rings (SSSR count). The highest BCUT2D eigenvalue weighted by Gasteiger charge is 2.12. The summed E-state index contributed by atoms with van der Waals surface area (Å²) < 4.78 is 30.1. The summed E-state index contributed by atoms with van der Waals surface area (Å²) >= 11 is 0. The molecular weight excluding hydrogens is 361 g/mol. The maximum Gasteiger partial charge on any atom is 0.193 e. The Hall–Kier alpha value is -2.96. The first kappa shape index (κ1) is 21.3. The number of methoxy groups -OCH3 is 2. The molecule has 0 spiro atoms. The molecule has 0 amide bonds. The molecule has 0 radical (unpaired) electrons. The minimum atomic E-state index is -0.379. The van der Waals surface area contributed by atoms with Gasteiger partial charge in [0.2, 0.25) is 0 Å². The van der Waals surface area contributed by atoms with Gasteiger partial charge >= 0.3 is 0 Å². The third kappa shape index (κ3) is 5.77. The molecule has 2 aromatic carbocycles. The van der Waals surface area contributed by atoms with Gasteiger partial charge in [-0.3, -0.25) is 4.99 Å². The minimum absolute atomic E-state index is 0.111. The maximum absolute atomic E-state index is 13.9. The molecule has 0 aliphatic carbocycles. The fraction of sp³-hybridized carbons (Fsp3) is 0.381. The van der Waals surface area contributed by atoms with Crippen molar-refractivity contribution < 1.29 is 18.6 Å². The molecule has 2 aromatic rings. The number of nitrogens with one attached hydrogen (secondary N) is 1. The molecule has 1 unspecified atom stereocenters. The van der Waals surface area contributed by atoms with E-state index in [1.54, 1.807) is 20.2 Å². The number of aliphatic imine (C=N–C) groups is 1. The number of guanidine groups is 1. The molecule has 0 saturated heterocycles. The van der Waals surface area contributed by atoms with Crippen molar-refractivity contribution in [3.8, 4) is 17.2 Å². The van der Waals surface area contributed by atoms with Gasteiger partial charge in [-0.25, -0.2) is 4.39 Å². The van der Waals surface area contributed by atoms with Gasteiger partial charge in [-0.1, -0.05) is 18.2 Å². The zero-order valence-corrected chi connectivity index (χ0v) is 17.0. The Morgan fingerprint density at radius 1 is 1.11 bits per heavy atom. The predicted octanol–water partition coefficient (Wildman–Crippen LogP) is 3.32. The molecule has 28 heavy (non-hydrogen) atoms. The lowest BCUT2D eigenvalue weighted by molar-refractivity contribution is 0.212. The molecule has 7 heteroatoms. The summed E-state index contributed by atoms with van der Waals surface area (Å²) in [5.74, 6) is 1.92. The largest absolute Gasteiger partial charge is 0.494 e. The number of ether oxygens (including phenoxy) is 3. The highest BCUT2D eigenvalue weighted by molar-refractivity contribution is 5.79. The second-order valence-corrected chi connectivity index (χ2v) is 6.33. The Bertz CT molecular complexity index is 798. The van der Waals surface area contributed by atoms with E-state index in [4.69, 9.17) is 14.2 Å².